The van der Waals surface area contributed by atoms with Gasteiger partial charge in [-0.3, -0.25) is 9.59 Å². The summed E-state index contributed by atoms with van der Waals surface area (Å²) >= 11 is 0. The number of rotatable bonds is 4. The molecular formula is C11H20N2O3. The zero-order valence-corrected chi connectivity index (χ0v) is 10.1. The highest BCUT2D eigenvalue weighted by Crippen LogP contribution is 2.27. The number of nitrogens with zero attached hydrogens (tertiary/aromatic N) is 1. The zero-order valence-electron chi connectivity index (χ0n) is 10.1. The zero-order chi connectivity index (χ0) is 12.3. The van der Waals surface area contributed by atoms with Crippen molar-refractivity contribution in [1.82, 2.24) is 10.2 Å². The maximum Gasteiger partial charge on any atom is 0.323 e. The third-order valence-electron chi connectivity index (χ3n) is 3.07. The maximum absolute atomic E-state index is 12.3. The Bertz CT molecular complexity index is 283. The summed E-state index contributed by atoms with van der Waals surface area (Å²) in [6.07, 6.45) is 0.772. The number of amides is 1. The van der Waals surface area contributed by atoms with E-state index in [1.54, 1.807) is 0 Å². The quantitative estimate of drug-likeness (QED) is 0.726. The molecule has 1 atom stereocenters. The third kappa shape index (κ3) is 2.72. The fraction of sp³-hybridized carbons (Fsp3) is 0.818. The minimum atomic E-state index is -0.961. The molecule has 0 aromatic heterocycles. The van der Waals surface area contributed by atoms with Crippen LogP contribution in [0.3, 0.4) is 0 Å². The standard InChI is InChI=1S/C11H20N2O3/c1-8(2)13(6-9(14)15)10(16)11(3)4-5-12-7-11/h8,12H,4-7H2,1-3H3,(H,14,15). The first-order valence-electron chi connectivity index (χ1n) is 5.60. The molecule has 1 amide bonds. The molecule has 1 aliphatic heterocycles. The second kappa shape index (κ2) is 4.82. The van der Waals surface area contributed by atoms with Gasteiger partial charge in [-0.2, -0.15) is 0 Å². The van der Waals surface area contributed by atoms with Crippen LogP contribution in [0.15, 0.2) is 0 Å². The Morgan fingerprint density at radius 3 is 2.50 bits per heavy atom. The number of carbonyl (C=O) groups excluding carboxylic acids is 1. The van der Waals surface area contributed by atoms with Crippen LogP contribution in [0.25, 0.3) is 0 Å². The van der Waals surface area contributed by atoms with E-state index in [2.05, 4.69) is 5.32 Å². The van der Waals surface area contributed by atoms with Crippen LogP contribution in [0, 0.1) is 5.41 Å². The molecule has 0 aromatic rings. The SMILES string of the molecule is CC(C)N(CC(=O)O)C(=O)C1(C)CCNC1. The van der Waals surface area contributed by atoms with E-state index >= 15 is 0 Å². The van der Waals surface area contributed by atoms with Gasteiger partial charge in [-0.25, -0.2) is 0 Å². The smallest absolute Gasteiger partial charge is 0.323 e. The average Bonchev–Trinajstić information content (AvgIpc) is 2.61. The highest BCUT2D eigenvalue weighted by molar-refractivity contribution is 5.86. The number of carboxylic acid groups (broad SMARTS) is 1. The van der Waals surface area contributed by atoms with Gasteiger partial charge in [0, 0.05) is 12.6 Å². The second-order valence-electron chi connectivity index (χ2n) is 4.91. The number of carbonyl (C=O) groups is 2. The van der Waals surface area contributed by atoms with Crippen molar-refractivity contribution in [2.45, 2.75) is 33.2 Å². The number of aliphatic carboxylic acids is 1. The third-order valence-corrected chi connectivity index (χ3v) is 3.07. The molecule has 92 valence electrons. The molecule has 16 heavy (non-hydrogen) atoms. The molecular weight excluding hydrogens is 208 g/mol. The lowest BCUT2D eigenvalue weighted by atomic mass is 9.87. The first-order valence-corrected chi connectivity index (χ1v) is 5.60. The molecule has 0 saturated carbocycles. The van der Waals surface area contributed by atoms with Crippen LogP contribution >= 0.6 is 0 Å². The molecule has 0 spiro atoms. The molecule has 0 aromatic carbocycles. The van der Waals surface area contributed by atoms with Gasteiger partial charge in [0.05, 0.1) is 5.41 Å². The fourth-order valence-corrected chi connectivity index (χ4v) is 1.98. The number of nitrogens with one attached hydrogen (secondary N) is 1. The summed E-state index contributed by atoms with van der Waals surface area (Å²) in [6, 6.07) is -0.0824. The second-order valence-corrected chi connectivity index (χ2v) is 4.91. The van der Waals surface area contributed by atoms with Crippen LogP contribution in [0.5, 0.6) is 0 Å². The molecule has 1 aliphatic rings. The minimum Gasteiger partial charge on any atom is -0.480 e. The predicted molar refractivity (Wildman–Crippen MR) is 60.1 cm³/mol. The van der Waals surface area contributed by atoms with Crippen LogP contribution < -0.4 is 5.32 Å². The van der Waals surface area contributed by atoms with Gasteiger partial charge in [0.25, 0.3) is 0 Å². The lowest BCUT2D eigenvalue weighted by Crippen LogP contribution is -2.48. The van der Waals surface area contributed by atoms with Gasteiger partial charge in [-0.1, -0.05) is 0 Å². The highest BCUT2D eigenvalue weighted by Gasteiger charge is 2.40. The number of carboxylic acids is 1. The Hall–Kier alpha value is -1.10. The van der Waals surface area contributed by atoms with Crippen molar-refractivity contribution in [2.75, 3.05) is 19.6 Å². The molecule has 1 heterocycles. The Kier molecular flexibility index (Phi) is 3.91. The minimum absolute atomic E-state index is 0.0603. The van der Waals surface area contributed by atoms with Gasteiger partial charge in [-0.05, 0) is 33.7 Å². The van der Waals surface area contributed by atoms with Gasteiger partial charge in [0.2, 0.25) is 5.91 Å². The summed E-state index contributed by atoms with van der Waals surface area (Å²) in [7, 11) is 0. The Balaban J connectivity index is 2.77. The van der Waals surface area contributed by atoms with Crippen LogP contribution in [0.1, 0.15) is 27.2 Å². The van der Waals surface area contributed by atoms with Gasteiger partial charge < -0.3 is 15.3 Å². The van der Waals surface area contributed by atoms with E-state index in [4.69, 9.17) is 5.11 Å². The molecule has 0 bridgehead atoms. The maximum atomic E-state index is 12.3. The lowest BCUT2D eigenvalue weighted by molar-refractivity contribution is -0.150. The van der Waals surface area contributed by atoms with Crippen molar-refractivity contribution in [3.05, 3.63) is 0 Å². The van der Waals surface area contributed by atoms with Crippen molar-refractivity contribution in [1.29, 1.82) is 0 Å². The van der Waals surface area contributed by atoms with Crippen LogP contribution in [0.4, 0.5) is 0 Å². The van der Waals surface area contributed by atoms with E-state index < -0.39 is 11.4 Å². The van der Waals surface area contributed by atoms with Gasteiger partial charge >= 0.3 is 5.97 Å². The molecule has 1 fully saturated rings. The largest absolute Gasteiger partial charge is 0.480 e. The summed E-state index contributed by atoms with van der Waals surface area (Å²) in [4.78, 5) is 24.4. The van der Waals surface area contributed by atoms with E-state index in [9.17, 15) is 9.59 Å². The molecule has 1 rings (SSSR count). The first kappa shape index (κ1) is 13.0. The summed E-state index contributed by atoms with van der Waals surface area (Å²) in [5.41, 5.74) is -0.445. The van der Waals surface area contributed by atoms with Crippen LogP contribution in [0.2, 0.25) is 0 Å². The van der Waals surface area contributed by atoms with Crippen LogP contribution in [-0.2, 0) is 9.59 Å². The molecule has 0 aliphatic carbocycles. The lowest BCUT2D eigenvalue weighted by Gasteiger charge is -2.32. The summed E-state index contributed by atoms with van der Waals surface area (Å²) in [5, 5.41) is 11.9. The van der Waals surface area contributed by atoms with Crippen LogP contribution in [-0.4, -0.2) is 47.6 Å². The van der Waals surface area contributed by atoms with Gasteiger partial charge in [-0.15, -0.1) is 0 Å². The summed E-state index contributed by atoms with van der Waals surface area (Å²) in [6.45, 7) is 6.81. The normalized spacial score (nSPS) is 24.8. The van der Waals surface area contributed by atoms with Gasteiger partial charge in [0.1, 0.15) is 6.54 Å². The Morgan fingerprint density at radius 2 is 2.12 bits per heavy atom. The van der Waals surface area contributed by atoms with Crippen molar-refractivity contribution >= 4 is 11.9 Å². The highest BCUT2D eigenvalue weighted by atomic mass is 16.4. The topological polar surface area (TPSA) is 69.6 Å². The molecule has 1 unspecified atom stereocenters. The van der Waals surface area contributed by atoms with Crippen molar-refractivity contribution < 1.29 is 14.7 Å². The monoisotopic (exact) mass is 228 g/mol. The van der Waals surface area contributed by atoms with E-state index in [0.29, 0.717) is 6.54 Å². The predicted octanol–water partition coefficient (Wildman–Crippen LogP) is 0.308. The summed E-state index contributed by atoms with van der Waals surface area (Å²) in [5.74, 6) is -1.02. The molecule has 1 saturated heterocycles. The first-order chi connectivity index (χ1) is 7.37. The molecule has 5 heteroatoms. The Morgan fingerprint density at radius 1 is 1.50 bits per heavy atom. The van der Waals surface area contributed by atoms with Crippen molar-refractivity contribution in [3.63, 3.8) is 0 Å². The van der Waals surface area contributed by atoms with E-state index in [-0.39, 0.29) is 18.5 Å². The molecule has 0 radical (unpaired) electrons. The van der Waals surface area contributed by atoms with Crippen molar-refractivity contribution in [3.8, 4) is 0 Å². The number of hydrogen-bond acceptors (Lipinski definition) is 3. The summed E-state index contributed by atoms with van der Waals surface area (Å²) < 4.78 is 0. The Labute approximate surface area is 95.8 Å². The fourth-order valence-electron chi connectivity index (χ4n) is 1.98. The van der Waals surface area contributed by atoms with E-state index in [1.165, 1.54) is 4.90 Å². The molecule has 2 N–H and O–H groups in total. The number of hydrogen-bond donors (Lipinski definition) is 2. The average molecular weight is 228 g/mol. The molecule has 5 nitrogen and oxygen atoms in total. The van der Waals surface area contributed by atoms with Crippen molar-refractivity contribution in [2.24, 2.45) is 5.41 Å². The van der Waals surface area contributed by atoms with Gasteiger partial charge in [0.15, 0.2) is 0 Å². The van der Waals surface area contributed by atoms with E-state index in [0.717, 1.165) is 13.0 Å². The van der Waals surface area contributed by atoms with E-state index in [1.807, 2.05) is 20.8 Å².